The number of hydrogen-bond donors (Lipinski definition) is 1. The molecule has 0 saturated carbocycles. The summed E-state index contributed by atoms with van der Waals surface area (Å²) in [6, 6.07) is 10.3. The van der Waals surface area contributed by atoms with Crippen LogP contribution in [0.5, 0.6) is 0 Å². The molecule has 2 rings (SSSR count). The van der Waals surface area contributed by atoms with E-state index in [0.29, 0.717) is 0 Å². The highest BCUT2D eigenvalue weighted by Crippen LogP contribution is 2.29. The molecule has 2 N–H and O–H groups in total. The van der Waals surface area contributed by atoms with E-state index in [2.05, 4.69) is 15.9 Å². The molecular weight excluding hydrogens is 293 g/mol. The van der Waals surface area contributed by atoms with E-state index in [1.165, 1.54) is 12.1 Å². The van der Waals surface area contributed by atoms with Crippen LogP contribution in [-0.4, -0.2) is 0 Å². The van der Waals surface area contributed by atoms with E-state index in [4.69, 9.17) is 5.73 Å². The van der Waals surface area contributed by atoms with Crippen LogP contribution in [0.1, 0.15) is 28.3 Å². The van der Waals surface area contributed by atoms with Crippen LogP contribution in [0.4, 0.5) is 4.39 Å². The van der Waals surface area contributed by atoms with Gasteiger partial charge >= 0.3 is 0 Å². The van der Waals surface area contributed by atoms with Gasteiger partial charge in [0.1, 0.15) is 5.82 Å². The predicted octanol–water partition coefficient (Wildman–Crippen LogP) is 4.25. The summed E-state index contributed by atoms with van der Waals surface area (Å²) >= 11 is 3.49. The van der Waals surface area contributed by atoms with E-state index in [0.717, 1.165) is 26.7 Å². The Labute approximate surface area is 115 Å². The number of rotatable bonds is 2. The van der Waals surface area contributed by atoms with Crippen molar-refractivity contribution in [1.82, 2.24) is 0 Å². The lowest BCUT2D eigenvalue weighted by Crippen LogP contribution is -2.15. The lowest BCUT2D eigenvalue weighted by atomic mass is 9.93. The Bertz CT molecular complexity index is 579. The second kappa shape index (κ2) is 5.21. The maximum atomic E-state index is 13.3. The zero-order valence-electron chi connectivity index (χ0n) is 10.4. The van der Waals surface area contributed by atoms with Crippen molar-refractivity contribution in [3.63, 3.8) is 0 Å². The molecule has 0 aliphatic heterocycles. The zero-order valence-corrected chi connectivity index (χ0v) is 12.0. The third-order valence-corrected chi connectivity index (χ3v) is 4.08. The van der Waals surface area contributed by atoms with Crippen LogP contribution in [0.3, 0.4) is 0 Å². The number of hydrogen-bond acceptors (Lipinski definition) is 1. The fraction of sp³-hybridized carbons (Fsp3) is 0.200. The number of benzene rings is 2. The maximum absolute atomic E-state index is 13.3. The minimum absolute atomic E-state index is 0.251. The summed E-state index contributed by atoms with van der Waals surface area (Å²) in [5, 5.41) is 0. The molecule has 0 fully saturated rings. The molecule has 0 radical (unpaired) electrons. The molecule has 0 aliphatic rings. The average molecular weight is 308 g/mol. The van der Waals surface area contributed by atoms with Gasteiger partial charge in [-0.1, -0.05) is 34.1 Å². The largest absolute Gasteiger partial charge is 0.320 e. The van der Waals surface area contributed by atoms with Crippen LogP contribution in [0.15, 0.2) is 40.9 Å². The third-order valence-electron chi connectivity index (χ3n) is 3.22. The number of aryl methyl sites for hydroxylation is 1. The summed E-state index contributed by atoms with van der Waals surface area (Å²) in [6.45, 7) is 3.95. The first-order valence-corrected chi connectivity index (χ1v) is 6.56. The summed E-state index contributed by atoms with van der Waals surface area (Å²) in [5.41, 5.74) is 10.2. The second-order valence-corrected chi connectivity index (χ2v) is 5.29. The molecule has 0 heterocycles. The molecule has 1 unspecified atom stereocenters. The molecule has 0 aliphatic carbocycles. The van der Waals surface area contributed by atoms with Crippen molar-refractivity contribution in [2.75, 3.05) is 0 Å². The van der Waals surface area contributed by atoms with E-state index in [1.54, 1.807) is 6.07 Å². The molecule has 1 nitrogen and oxygen atoms in total. The first-order valence-electron chi connectivity index (χ1n) is 5.77. The quantitative estimate of drug-likeness (QED) is 0.881. The lowest BCUT2D eigenvalue weighted by Gasteiger charge is -2.18. The normalized spacial score (nSPS) is 12.5. The van der Waals surface area contributed by atoms with E-state index in [1.807, 2.05) is 32.0 Å². The molecule has 3 heteroatoms. The Morgan fingerprint density at radius 1 is 1.11 bits per heavy atom. The fourth-order valence-electron chi connectivity index (χ4n) is 2.07. The first kappa shape index (κ1) is 13.2. The Kier molecular flexibility index (Phi) is 3.83. The average Bonchev–Trinajstić information content (AvgIpc) is 2.35. The van der Waals surface area contributed by atoms with Crippen molar-refractivity contribution in [2.24, 2.45) is 5.73 Å². The van der Waals surface area contributed by atoms with Crippen molar-refractivity contribution in [3.05, 3.63) is 68.9 Å². The van der Waals surface area contributed by atoms with Gasteiger partial charge in [0.05, 0.1) is 6.04 Å². The first-order chi connectivity index (χ1) is 8.50. The molecular formula is C15H15BrFN. The minimum atomic E-state index is -0.307. The SMILES string of the molecule is Cc1ccc(F)cc1C(N)c1cccc(Br)c1C. The monoisotopic (exact) mass is 307 g/mol. The molecule has 18 heavy (non-hydrogen) atoms. The second-order valence-electron chi connectivity index (χ2n) is 4.43. The van der Waals surface area contributed by atoms with Crippen LogP contribution in [0.2, 0.25) is 0 Å². The van der Waals surface area contributed by atoms with Gasteiger partial charge in [0.25, 0.3) is 0 Å². The molecule has 2 aromatic carbocycles. The summed E-state index contributed by atoms with van der Waals surface area (Å²) < 4.78 is 14.4. The van der Waals surface area contributed by atoms with E-state index in [9.17, 15) is 4.39 Å². The van der Waals surface area contributed by atoms with Gasteiger partial charge in [-0.2, -0.15) is 0 Å². The fourth-order valence-corrected chi connectivity index (χ4v) is 2.46. The Hall–Kier alpha value is -1.19. The van der Waals surface area contributed by atoms with Gasteiger partial charge in [0.15, 0.2) is 0 Å². The lowest BCUT2D eigenvalue weighted by molar-refractivity contribution is 0.622. The van der Waals surface area contributed by atoms with Crippen molar-refractivity contribution >= 4 is 15.9 Å². The summed E-state index contributed by atoms with van der Waals surface area (Å²) in [4.78, 5) is 0. The van der Waals surface area contributed by atoms with Crippen molar-refractivity contribution in [1.29, 1.82) is 0 Å². The minimum Gasteiger partial charge on any atom is -0.320 e. The zero-order chi connectivity index (χ0) is 13.3. The molecule has 0 aromatic heterocycles. The molecule has 0 bridgehead atoms. The Balaban J connectivity index is 2.51. The standard InChI is InChI=1S/C15H15BrFN/c1-9-6-7-11(17)8-13(9)15(18)12-4-3-5-14(16)10(12)2/h3-8,15H,18H2,1-2H3. The topological polar surface area (TPSA) is 26.0 Å². The smallest absolute Gasteiger partial charge is 0.123 e. The third kappa shape index (κ3) is 2.47. The van der Waals surface area contributed by atoms with Gasteiger partial charge in [-0.25, -0.2) is 4.39 Å². The highest BCUT2D eigenvalue weighted by atomic mass is 79.9. The van der Waals surface area contributed by atoms with Gasteiger partial charge in [-0.3, -0.25) is 0 Å². The van der Waals surface area contributed by atoms with Gasteiger partial charge < -0.3 is 5.73 Å². The van der Waals surface area contributed by atoms with E-state index in [-0.39, 0.29) is 11.9 Å². The van der Waals surface area contributed by atoms with Crippen molar-refractivity contribution in [2.45, 2.75) is 19.9 Å². The molecule has 94 valence electrons. The molecule has 0 saturated heterocycles. The summed E-state index contributed by atoms with van der Waals surface area (Å²) in [6.07, 6.45) is 0. The van der Waals surface area contributed by atoms with Crippen LogP contribution >= 0.6 is 15.9 Å². The molecule has 2 aromatic rings. The van der Waals surface area contributed by atoms with Crippen LogP contribution in [-0.2, 0) is 0 Å². The summed E-state index contributed by atoms with van der Waals surface area (Å²) in [5.74, 6) is -0.251. The Morgan fingerprint density at radius 3 is 2.56 bits per heavy atom. The van der Waals surface area contributed by atoms with Crippen molar-refractivity contribution in [3.8, 4) is 0 Å². The van der Waals surface area contributed by atoms with Crippen LogP contribution < -0.4 is 5.73 Å². The maximum Gasteiger partial charge on any atom is 0.123 e. The van der Waals surface area contributed by atoms with Gasteiger partial charge in [0, 0.05) is 4.47 Å². The number of nitrogens with two attached hydrogens (primary N) is 1. The molecule has 0 spiro atoms. The van der Waals surface area contributed by atoms with E-state index >= 15 is 0 Å². The van der Waals surface area contributed by atoms with Gasteiger partial charge in [0.2, 0.25) is 0 Å². The highest BCUT2D eigenvalue weighted by molar-refractivity contribution is 9.10. The van der Waals surface area contributed by atoms with Gasteiger partial charge in [-0.05, 0) is 54.3 Å². The van der Waals surface area contributed by atoms with E-state index < -0.39 is 0 Å². The Morgan fingerprint density at radius 2 is 1.83 bits per heavy atom. The predicted molar refractivity (Wildman–Crippen MR) is 76.0 cm³/mol. The summed E-state index contributed by atoms with van der Waals surface area (Å²) in [7, 11) is 0. The van der Waals surface area contributed by atoms with Gasteiger partial charge in [-0.15, -0.1) is 0 Å². The molecule has 1 atom stereocenters. The molecule has 0 amide bonds. The van der Waals surface area contributed by atoms with Crippen LogP contribution in [0.25, 0.3) is 0 Å². The highest BCUT2D eigenvalue weighted by Gasteiger charge is 2.15. The van der Waals surface area contributed by atoms with Crippen LogP contribution in [0, 0.1) is 19.7 Å². The number of halogens is 2. The van der Waals surface area contributed by atoms with Crippen molar-refractivity contribution < 1.29 is 4.39 Å².